The largest absolute Gasteiger partial charge is 0.451 e. The molecule has 0 atom stereocenters. The highest BCUT2D eigenvalue weighted by Crippen LogP contribution is 2.13. The number of ketones is 1. The number of para-hydroxylation sites is 1. The molecule has 1 aromatic heterocycles. The fraction of sp³-hybridized carbons (Fsp3) is 0.190. The molecule has 0 aliphatic rings. The van der Waals surface area contributed by atoms with Gasteiger partial charge in [-0.25, -0.2) is 4.79 Å². The molecule has 0 aliphatic heterocycles. The number of hydrogen-bond donors (Lipinski definition) is 0. The summed E-state index contributed by atoms with van der Waals surface area (Å²) in [7, 11) is 0. The molecule has 1 heterocycles. The van der Waals surface area contributed by atoms with Crippen LogP contribution in [0.15, 0.2) is 63.8 Å². The quantitative estimate of drug-likeness (QED) is 0.499. The van der Waals surface area contributed by atoms with Crippen molar-refractivity contribution in [3.63, 3.8) is 0 Å². The topological polar surface area (TPSA) is 73.6 Å². The van der Waals surface area contributed by atoms with Crippen molar-refractivity contribution in [2.45, 2.75) is 19.8 Å². The fourth-order valence-corrected chi connectivity index (χ4v) is 2.64. The predicted molar refractivity (Wildman–Crippen MR) is 97.5 cm³/mol. The van der Waals surface area contributed by atoms with Gasteiger partial charge in [0.15, 0.2) is 17.8 Å². The lowest BCUT2D eigenvalue weighted by Crippen LogP contribution is -2.16. The number of carbonyl (C=O) groups excluding carboxylic acids is 2. The minimum atomic E-state index is -0.844. The van der Waals surface area contributed by atoms with Crippen molar-refractivity contribution in [1.29, 1.82) is 0 Å². The Morgan fingerprint density at radius 2 is 1.77 bits per heavy atom. The van der Waals surface area contributed by atoms with Gasteiger partial charge in [-0.1, -0.05) is 49.7 Å². The monoisotopic (exact) mass is 350 g/mol. The van der Waals surface area contributed by atoms with Gasteiger partial charge in [-0.05, 0) is 24.1 Å². The highest BCUT2D eigenvalue weighted by atomic mass is 16.5. The third-order valence-corrected chi connectivity index (χ3v) is 3.98. The molecule has 26 heavy (non-hydrogen) atoms. The SMILES string of the molecule is CCCc1ccc(C(=O)COC(=O)c2cc(=O)c3ccccc3o2)cc1. The van der Waals surface area contributed by atoms with Crippen molar-refractivity contribution < 1.29 is 18.7 Å². The molecule has 0 radical (unpaired) electrons. The van der Waals surface area contributed by atoms with Crippen LogP contribution in [0.25, 0.3) is 11.0 Å². The van der Waals surface area contributed by atoms with E-state index in [-0.39, 0.29) is 17.0 Å². The number of aryl methyl sites for hydroxylation is 1. The molecule has 132 valence electrons. The van der Waals surface area contributed by atoms with Crippen molar-refractivity contribution in [3.8, 4) is 0 Å². The minimum absolute atomic E-state index is 0.222. The zero-order valence-corrected chi connectivity index (χ0v) is 14.4. The molecule has 0 fully saturated rings. The van der Waals surface area contributed by atoms with Crippen LogP contribution in [0.5, 0.6) is 0 Å². The molecule has 2 aromatic carbocycles. The highest BCUT2D eigenvalue weighted by molar-refractivity contribution is 5.99. The zero-order chi connectivity index (χ0) is 18.5. The molecule has 0 saturated heterocycles. The lowest BCUT2D eigenvalue weighted by molar-refractivity contribution is 0.0444. The Kier molecular flexibility index (Phi) is 5.27. The predicted octanol–water partition coefficient (Wildman–Crippen LogP) is 3.79. The maximum Gasteiger partial charge on any atom is 0.374 e. The first kappa shape index (κ1) is 17.6. The van der Waals surface area contributed by atoms with Crippen molar-refractivity contribution in [3.05, 3.63) is 81.7 Å². The second-order valence-electron chi connectivity index (χ2n) is 5.92. The van der Waals surface area contributed by atoms with Crippen LogP contribution in [0.1, 0.15) is 39.8 Å². The minimum Gasteiger partial charge on any atom is -0.451 e. The number of esters is 1. The van der Waals surface area contributed by atoms with Crippen molar-refractivity contribution in [1.82, 2.24) is 0 Å². The molecular weight excluding hydrogens is 332 g/mol. The summed E-state index contributed by atoms with van der Waals surface area (Å²) in [6.45, 7) is 1.67. The van der Waals surface area contributed by atoms with Gasteiger partial charge in [-0.3, -0.25) is 9.59 Å². The van der Waals surface area contributed by atoms with Crippen LogP contribution in [0.2, 0.25) is 0 Å². The number of ether oxygens (including phenoxy) is 1. The van der Waals surface area contributed by atoms with Gasteiger partial charge >= 0.3 is 5.97 Å². The summed E-state index contributed by atoms with van der Waals surface area (Å²) in [5, 5.41) is 0.382. The van der Waals surface area contributed by atoms with Crippen LogP contribution in [0.3, 0.4) is 0 Å². The summed E-state index contributed by atoms with van der Waals surface area (Å²) in [5.74, 6) is -1.38. The summed E-state index contributed by atoms with van der Waals surface area (Å²) in [4.78, 5) is 36.3. The number of hydrogen-bond acceptors (Lipinski definition) is 5. The molecule has 5 nitrogen and oxygen atoms in total. The smallest absolute Gasteiger partial charge is 0.374 e. The normalized spacial score (nSPS) is 10.7. The lowest BCUT2D eigenvalue weighted by Gasteiger charge is -2.05. The molecular formula is C21H18O5. The van der Waals surface area contributed by atoms with Gasteiger partial charge in [0.05, 0.1) is 5.39 Å². The average Bonchev–Trinajstić information content (AvgIpc) is 2.66. The van der Waals surface area contributed by atoms with Gasteiger partial charge in [0, 0.05) is 11.6 Å². The molecule has 0 N–H and O–H groups in total. The summed E-state index contributed by atoms with van der Waals surface area (Å²) < 4.78 is 10.4. The van der Waals surface area contributed by atoms with Crippen LogP contribution >= 0.6 is 0 Å². The Hall–Kier alpha value is -3.21. The molecule has 0 bridgehead atoms. The number of rotatable bonds is 6. The van der Waals surface area contributed by atoms with Crippen molar-refractivity contribution >= 4 is 22.7 Å². The van der Waals surface area contributed by atoms with E-state index in [2.05, 4.69) is 6.92 Å². The van der Waals surface area contributed by atoms with Crippen LogP contribution in [-0.4, -0.2) is 18.4 Å². The van der Waals surface area contributed by atoms with Gasteiger partial charge in [0.1, 0.15) is 5.58 Å². The Balaban J connectivity index is 1.68. The number of Topliss-reactive ketones (excluding diaryl/α,β-unsaturated/α-hetero) is 1. The van der Waals surface area contributed by atoms with E-state index in [1.54, 1.807) is 36.4 Å². The number of benzene rings is 2. The summed E-state index contributed by atoms with van der Waals surface area (Å²) in [6, 6.07) is 14.9. The van der Waals surface area contributed by atoms with E-state index in [9.17, 15) is 14.4 Å². The van der Waals surface area contributed by atoms with Crippen LogP contribution in [0.4, 0.5) is 0 Å². The Morgan fingerprint density at radius 3 is 2.50 bits per heavy atom. The van der Waals surface area contributed by atoms with Crippen LogP contribution in [0, 0.1) is 0 Å². The van der Waals surface area contributed by atoms with Crippen LogP contribution in [-0.2, 0) is 11.2 Å². The molecule has 5 heteroatoms. The van der Waals surface area contributed by atoms with Crippen molar-refractivity contribution in [2.75, 3.05) is 6.61 Å². The highest BCUT2D eigenvalue weighted by Gasteiger charge is 2.16. The second kappa shape index (κ2) is 7.78. The van der Waals surface area contributed by atoms with E-state index in [4.69, 9.17) is 9.15 Å². The molecule has 0 aliphatic carbocycles. The van der Waals surface area contributed by atoms with Gasteiger partial charge in [0.25, 0.3) is 0 Å². The molecule has 0 saturated carbocycles. The maximum atomic E-state index is 12.2. The van der Waals surface area contributed by atoms with E-state index in [1.165, 1.54) is 0 Å². The van der Waals surface area contributed by atoms with Gasteiger partial charge in [-0.2, -0.15) is 0 Å². The third-order valence-electron chi connectivity index (χ3n) is 3.98. The molecule has 3 aromatic rings. The van der Waals surface area contributed by atoms with E-state index in [0.717, 1.165) is 24.5 Å². The first-order chi connectivity index (χ1) is 12.6. The van der Waals surface area contributed by atoms with E-state index < -0.39 is 12.6 Å². The second-order valence-corrected chi connectivity index (χ2v) is 5.92. The van der Waals surface area contributed by atoms with Gasteiger partial charge in [-0.15, -0.1) is 0 Å². The lowest BCUT2D eigenvalue weighted by atomic mass is 10.1. The fourth-order valence-electron chi connectivity index (χ4n) is 2.64. The molecule has 0 spiro atoms. The first-order valence-electron chi connectivity index (χ1n) is 8.40. The standard InChI is InChI=1S/C21H18O5/c1-2-5-14-8-10-15(11-9-14)18(23)13-25-21(24)20-12-17(22)16-6-3-4-7-19(16)26-20/h3-4,6-12H,2,5,13H2,1H3. The summed E-state index contributed by atoms with van der Waals surface area (Å²) in [6.07, 6.45) is 1.98. The number of carbonyl (C=O) groups is 2. The Labute approximate surface area is 150 Å². The maximum absolute atomic E-state index is 12.2. The van der Waals surface area contributed by atoms with Crippen molar-refractivity contribution in [2.24, 2.45) is 0 Å². The molecule has 0 amide bonds. The summed E-state index contributed by atoms with van der Waals surface area (Å²) in [5.41, 5.74) is 1.58. The first-order valence-corrected chi connectivity index (χ1v) is 8.40. The summed E-state index contributed by atoms with van der Waals surface area (Å²) >= 11 is 0. The van der Waals surface area contributed by atoms with Crippen LogP contribution < -0.4 is 5.43 Å². The zero-order valence-electron chi connectivity index (χ0n) is 14.4. The van der Waals surface area contributed by atoms with E-state index >= 15 is 0 Å². The Morgan fingerprint density at radius 1 is 1.04 bits per heavy atom. The Bertz CT molecular complexity index is 999. The average molecular weight is 350 g/mol. The van der Waals surface area contributed by atoms with Gasteiger partial charge in [0.2, 0.25) is 5.76 Å². The molecule has 3 rings (SSSR count). The van der Waals surface area contributed by atoms with E-state index in [1.807, 2.05) is 12.1 Å². The third kappa shape index (κ3) is 3.88. The van der Waals surface area contributed by atoms with Gasteiger partial charge < -0.3 is 9.15 Å². The van der Waals surface area contributed by atoms with E-state index in [0.29, 0.717) is 16.5 Å². The molecule has 0 unspecified atom stereocenters. The number of fused-ring (bicyclic) bond motifs is 1.